The van der Waals surface area contributed by atoms with Crippen LogP contribution >= 0.6 is 0 Å². The molecular weight excluding hydrogens is 170 g/mol. The first kappa shape index (κ1) is 14.0. The van der Waals surface area contributed by atoms with Crippen LogP contribution in [0.2, 0.25) is 0 Å². The Kier molecular flexibility index (Phi) is 5.73. The van der Waals surface area contributed by atoms with Gasteiger partial charge in [-0.25, -0.2) is 0 Å². The first-order chi connectivity index (χ1) is 6.33. The quantitative estimate of drug-likeness (QED) is 0.654. The third-order valence-corrected chi connectivity index (χ3v) is 3.24. The summed E-state index contributed by atoms with van der Waals surface area (Å²) >= 11 is 0. The second-order valence-electron chi connectivity index (χ2n) is 5.83. The molecule has 0 radical (unpaired) electrons. The molecule has 0 amide bonds. The molecule has 0 aromatic rings. The van der Waals surface area contributed by atoms with Crippen LogP contribution in [0, 0.1) is 5.41 Å². The highest BCUT2D eigenvalue weighted by Gasteiger charge is 2.18. The molecule has 0 aliphatic rings. The van der Waals surface area contributed by atoms with Gasteiger partial charge in [-0.1, -0.05) is 40.5 Å². The first-order valence-corrected chi connectivity index (χ1v) is 6.08. The highest BCUT2D eigenvalue weighted by Crippen LogP contribution is 2.24. The lowest BCUT2D eigenvalue weighted by atomic mass is 9.86. The summed E-state index contributed by atoms with van der Waals surface area (Å²) in [4.78, 5) is 0. The summed E-state index contributed by atoms with van der Waals surface area (Å²) in [5.41, 5.74) is 0.813. The summed E-state index contributed by atoms with van der Waals surface area (Å²) in [5.74, 6) is 0. The van der Waals surface area contributed by atoms with Crippen molar-refractivity contribution in [2.75, 3.05) is 6.54 Å². The molecule has 0 bridgehead atoms. The van der Waals surface area contributed by atoms with Gasteiger partial charge in [0, 0.05) is 5.54 Å². The van der Waals surface area contributed by atoms with Gasteiger partial charge in [0.05, 0.1) is 0 Å². The predicted molar refractivity (Wildman–Crippen MR) is 65.7 cm³/mol. The van der Waals surface area contributed by atoms with Crippen molar-refractivity contribution in [1.82, 2.24) is 5.32 Å². The third-order valence-electron chi connectivity index (χ3n) is 3.24. The van der Waals surface area contributed by atoms with Crippen molar-refractivity contribution in [3.63, 3.8) is 0 Å². The molecule has 0 rings (SSSR count). The van der Waals surface area contributed by atoms with Crippen LogP contribution in [0.3, 0.4) is 0 Å². The van der Waals surface area contributed by atoms with Gasteiger partial charge in [-0.15, -0.1) is 0 Å². The molecule has 0 saturated heterocycles. The fourth-order valence-corrected chi connectivity index (χ4v) is 1.63. The van der Waals surface area contributed by atoms with E-state index in [9.17, 15) is 0 Å². The van der Waals surface area contributed by atoms with Gasteiger partial charge in [-0.3, -0.25) is 0 Å². The Labute approximate surface area is 90.7 Å². The Hall–Kier alpha value is -0.0400. The molecule has 0 aromatic heterocycles. The number of nitrogens with one attached hydrogen (secondary N) is 1. The zero-order valence-corrected chi connectivity index (χ0v) is 11.0. The Morgan fingerprint density at radius 1 is 0.929 bits per heavy atom. The van der Waals surface area contributed by atoms with Crippen LogP contribution in [-0.2, 0) is 0 Å². The minimum absolute atomic E-state index is 0.318. The Morgan fingerprint density at radius 2 is 1.50 bits per heavy atom. The molecule has 1 N–H and O–H groups in total. The summed E-state index contributed by atoms with van der Waals surface area (Å²) in [6, 6.07) is 0. The standard InChI is InChI=1S/C13H29N/c1-7-9-13(5,6)14-11-10-12(3,4)8-2/h14H,7-11H2,1-6H3. The average molecular weight is 199 g/mol. The SMILES string of the molecule is CCCC(C)(C)NCCC(C)(C)CC. The number of rotatable bonds is 7. The van der Waals surface area contributed by atoms with Gasteiger partial charge in [-0.2, -0.15) is 0 Å². The molecule has 0 aromatic carbocycles. The molecule has 0 aliphatic heterocycles. The summed E-state index contributed by atoms with van der Waals surface area (Å²) in [6.07, 6.45) is 5.07. The van der Waals surface area contributed by atoms with Crippen molar-refractivity contribution in [3.8, 4) is 0 Å². The summed E-state index contributed by atoms with van der Waals surface area (Å²) < 4.78 is 0. The monoisotopic (exact) mass is 199 g/mol. The van der Waals surface area contributed by atoms with Gasteiger partial charge in [0.15, 0.2) is 0 Å². The minimum Gasteiger partial charge on any atom is -0.312 e. The molecule has 0 atom stereocenters. The van der Waals surface area contributed by atoms with E-state index in [2.05, 4.69) is 46.9 Å². The van der Waals surface area contributed by atoms with E-state index in [4.69, 9.17) is 0 Å². The molecule has 0 unspecified atom stereocenters. The van der Waals surface area contributed by atoms with E-state index in [1.54, 1.807) is 0 Å². The predicted octanol–water partition coefficient (Wildman–Crippen LogP) is 3.98. The van der Waals surface area contributed by atoms with E-state index < -0.39 is 0 Å². The van der Waals surface area contributed by atoms with Crippen LogP contribution in [0.1, 0.15) is 67.2 Å². The molecule has 1 nitrogen and oxygen atoms in total. The zero-order valence-electron chi connectivity index (χ0n) is 11.0. The topological polar surface area (TPSA) is 12.0 Å². The fraction of sp³-hybridized carbons (Fsp3) is 1.00. The molecule has 0 spiro atoms. The number of hydrogen-bond acceptors (Lipinski definition) is 1. The van der Waals surface area contributed by atoms with Crippen LogP contribution in [0.5, 0.6) is 0 Å². The highest BCUT2D eigenvalue weighted by molar-refractivity contribution is 4.78. The van der Waals surface area contributed by atoms with E-state index >= 15 is 0 Å². The first-order valence-electron chi connectivity index (χ1n) is 6.08. The van der Waals surface area contributed by atoms with Gasteiger partial charge in [0.1, 0.15) is 0 Å². The summed E-state index contributed by atoms with van der Waals surface area (Å²) in [6.45, 7) is 15.0. The molecule has 0 fully saturated rings. The normalized spacial score (nSPS) is 13.3. The largest absolute Gasteiger partial charge is 0.312 e. The second-order valence-corrected chi connectivity index (χ2v) is 5.83. The van der Waals surface area contributed by atoms with Crippen molar-refractivity contribution in [1.29, 1.82) is 0 Å². The smallest absolute Gasteiger partial charge is 0.0125 e. The molecule has 14 heavy (non-hydrogen) atoms. The van der Waals surface area contributed by atoms with Crippen LogP contribution in [0.25, 0.3) is 0 Å². The van der Waals surface area contributed by atoms with E-state index in [-0.39, 0.29) is 0 Å². The Morgan fingerprint density at radius 3 is 1.93 bits per heavy atom. The van der Waals surface area contributed by atoms with Crippen molar-refractivity contribution in [2.45, 2.75) is 72.8 Å². The summed E-state index contributed by atoms with van der Waals surface area (Å²) in [7, 11) is 0. The van der Waals surface area contributed by atoms with E-state index in [0.29, 0.717) is 11.0 Å². The lowest BCUT2D eigenvalue weighted by Gasteiger charge is -2.29. The summed E-state index contributed by atoms with van der Waals surface area (Å²) in [5, 5.41) is 3.65. The minimum atomic E-state index is 0.318. The average Bonchev–Trinajstić information content (AvgIpc) is 2.03. The van der Waals surface area contributed by atoms with Gasteiger partial charge in [0.2, 0.25) is 0 Å². The third kappa shape index (κ3) is 6.42. The van der Waals surface area contributed by atoms with E-state index in [1.165, 1.54) is 25.7 Å². The van der Waals surface area contributed by atoms with Crippen LogP contribution in [-0.4, -0.2) is 12.1 Å². The van der Waals surface area contributed by atoms with Gasteiger partial charge >= 0.3 is 0 Å². The van der Waals surface area contributed by atoms with E-state index in [0.717, 1.165) is 6.54 Å². The van der Waals surface area contributed by atoms with E-state index in [1.807, 2.05) is 0 Å². The van der Waals surface area contributed by atoms with Gasteiger partial charge in [-0.05, 0) is 38.6 Å². The second kappa shape index (κ2) is 5.75. The molecule has 1 heteroatoms. The fourth-order valence-electron chi connectivity index (χ4n) is 1.63. The molecule has 0 heterocycles. The molecule has 0 aliphatic carbocycles. The van der Waals surface area contributed by atoms with Crippen LogP contribution in [0.4, 0.5) is 0 Å². The van der Waals surface area contributed by atoms with Crippen molar-refractivity contribution < 1.29 is 0 Å². The zero-order chi connectivity index (χ0) is 11.2. The Balaban J connectivity index is 3.73. The van der Waals surface area contributed by atoms with Gasteiger partial charge in [0.25, 0.3) is 0 Å². The molecular formula is C13H29N. The van der Waals surface area contributed by atoms with Crippen molar-refractivity contribution >= 4 is 0 Å². The number of hydrogen-bond donors (Lipinski definition) is 1. The highest BCUT2D eigenvalue weighted by atomic mass is 14.9. The lowest BCUT2D eigenvalue weighted by Crippen LogP contribution is -2.40. The Bertz CT molecular complexity index is 147. The maximum atomic E-state index is 3.65. The van der Waals surface area contributed by atoms with Crippen LogP contribution in [0.15, 0.2) is 0 Å². The van der Waals surface area contributed by atoms with Crippen molar-refractivity contribution in [2.24, 2.45) is 5.41 Å². The lowest BCUT2D eigenvalue weighted by molar-refractivity contribution is 0.281. The van der Waals surface area contributed by atoms with Crippen molar-refractivity contribution in [3.05, 3.63) is 0 Å². The van der Waals surface area contributed by atoms with Gasteiger partial charge < -0.3 is 5.32 Å². The van der Waals surface area contributed by atoms with Crippen LogP contribution < -0.4 is 5.32 Å². The molecule has 0 saturated carbocycles. The maximum absolute atomic E-state index is 3.65. The maximum Gasteiger partial charge on any atom is 0.0125 e. The molecule has 86 valence electrons.